The van der Waals surface area contributed by atoms with Crippen molar-refractivity contribution < 1.29 is 14.3 Å². The van der Waals surface area contributed by atoms with Gasteiger partial charge in [-0.1, -0.05) is 36.4 Å². The molecular weight excluding hydrogens is 318 g/mol. The first kappa shape index (κ1) is 18.5. The third-order valence-corrected chi connectivity index (χ3v) is 3.94. The average molecular weight is 341 g/mol. The zero-order valence-electron chi connectivity index (χ0n) is 14.4. The summed E-state index contributed by atoms with van der Waals surface area (Å²) in [6.07, 6.45) is 0.680. The van der Waals surface area contributed by atoms with Gasteiger partial charge in [0, 0.05) is 25.4 Å². The molecule has 2 rings (SSSR count). The van der Waals surface area contributed by atoms with Gasteiger partial charge in [0.15, 0.2) is 0 Å². The lowest BCUT2D eigenvalue weighted by atomic mass is 10.1. The molecule has 0 aliphatic heterocycles. The highest BCUT2D eigenvalue weighted by atomic mass is 16.5. The van der Waals surface area contributed by atoms with E-state index in [1.165, 1.54) is 0 Å². The number of likely N-dealkylation sites (N-methyl/N-ethyl adjacent to an activating group) is 1. The van der Waals surface area contributed by atoms with E-state index in [4.69, 9.17) is 10.5 Å². The predicted octanol–water partition coefficient (Wildman–Crippen LogP) is 2.51. The van der Waals surface area contributed by atoms with Crippen molar-refractivity contribution in [3.05, 3.63) is 65.7 Å². The number of nitrogens with zero attached hydrogens (tertiary/aromatic N) is 1. The Morgan fingerprint density at radius 3 is 2.52 bits per heavy atom. The molecule has 0 saturated carbocycles. The summed E-state index contributed by atoms with van der Waals surface area (Å²) in [5.41, 5.74) is 7.26. The van der Waals surface area contributed by atoms with Gasteiger partial charge in [-0.05, 0) is 30.2 Å². The smallest absolute Gasteiger partial charge is 0.321 e. The fourth-order valence-corrected chi connectivity index (χ4v) is 2.51. The van der Waals surface area contributed by atoms with Gasteiger partial charge in [0.05, 0.1) is 12.6 Å². The maximum atomic E-state index is 12.5. The van der Waals surface area contributed by atoms with Gasteiger partial charge in [0.25, 0.3) is 0 Å². The lowest BCUT2D eigenvalue weighted by Gasteiger charge is -2.28. The quantitative estimate of drug-likeness (QED) is 0.811. The molecule has 0 bridgehead atoms. The fourth-order valence-electron chi connectivity index (χ4n) is 2.51. The van der Waals surface area contributed by atoms with Crippen LogP contribution in [0.1, 0.15) is 15.9 Å². The number of ether oxygens (including phenoxy) is 1. The van der Waals surface area contributed by atoms with E-state index < -0.39 is 5.91 Å². The molecule has 0 aliphatic carbocycles. The van der Waals surface area contributed by atoms with Gasteiger partial charge >= 0.3 is 6.03 Å². The number of rotatable bonds is 7. The number of methoxy groups -OCH3 is 1. The van der Waals surface area contributed by atoms with Crippen LogP contribution in [-0.2, 0) is 11.2 Å². The highest BCUT2D eigenvalue weighted by Crippen LogP contribution is 2.13. The van der Waals surface area contributed by atoms with Crippen LogP contribution in [0.25, 0.3) is 0 Å². The minimum Gasteiger partial charge on any atom is -0.383 e. The van der Waals surface area contributed by atoms with Gasteiger partial charge in [-0.3, -0.25) is 4.79 Å². The van der Waals surface area contributed by atoms with E-state index in [2.05, 4.69) is 5.32 Å². The van der Waals surface area contributed by atoms with E-state index in [1.54, 1.807) is 43.3 Å². The van der Waals surface area contributed by atoms with Crippen LogP contribution in [-0.4, -0.2) is 43.6 Å². The lowest BCUT2D eigenvalue weighted by molar-refractivity contribution is 0.1000. The van der Waals surface area contributed by atoms with E-state index in [0.717, 1.165) is 5.56 Å². The molecule has 0 fully saturated rings. The van der Waals surface area contributed by atoms with E-state index in [1.807, 2.05) is 30.3 Å². The SMILES string of the molecule is COCC(Cc1ccccc1)N(C)C(=O)Nc1cccc(C(N)=O)c1. The number of primary amides is 1. The van der Waals surface area contributed by atoms with Gasteiger partial charge in [0.2, 0.25) is 5.91 Å². The maximum absolute atomic E-state index is 12.5. The summed E-state index contributed by atoms with van der Waals surface area (Å²) < 4.78 is 5.27. The number of nitrogens with two attached hydrogens (primary N) is 1. The van der Waals surface area contributed by atoms with E-state index in [9.17, 15) is 9.59 Å². The summed E-state index contributed by atoms with van der Waals surface area (Å²) in [5.74, 6) is -0.536. The number of hydrogen-bond acceptors (Lipinski definition) is 3. The molecule has 0 aliphatic rings. The molecule has 0 aromatic heterocycles. The minimum atomic E-state index is -0.536. The molecule has 6 nitrogen and oxygen atoms in total. The predicted molar refractivity (Wildman–Crippen MR) is 97.6 cm³/mol. The van der Waals surface area contributed by atoms with Crippen LogP contribution in [0.2, 0.25) is 0 Å². The molecule has 1 atom stereocenters. The van der Waals surface area contributed by atoms with Crippen LogP contribution in [0, 0.1) is 0 Å². The zero-order valence-corrected chi connectivity index (χ0v) is 14.4. The molecule has 132 valence electrons. The second-order valence-corrected chi connectivity index (χ2v) is 5.79. The van der Waals surface area contributed by atoms with Crippen molar-refractivity contribution in [1.29, 1.82) is 0 Å². The van der Waals surface area contributed by atoms with Gasteiger partial charge in [-0.25, -0.2) is 4.79 Å². The Morgan fingerprint density at radius 2 is 1.88 bits per heavy atom. The molecule has 2 aromatic rings. The Morgan fingerprint density at radius 1 is 1.16 bits per heavy atom. The number of nitrogens with one attached hydrogen (secondary N) is 1. The monoisotopic (exact) mass is 341 g/mol. The van der Waals surface area contributed by atoms with Crippen LogP contribution in [0.4, 0.5) is 10.5 Å². The molecule has 0 spiro atoms. The van der Waals surface area contributed by atoms with Crippen LogP contribution in [0.15, 0.2) is 54.6 Å². The Balaban J connectivity index is 2.07. The number of hydrogen-bond donors (Lipinski definition) is 2. The maximum Gasteiger partial charge on any atom is 0.321 e. The van der Waals surface area contributed by atoms with E-state index in [0.29, 0.717) is 24.3 Å². The molecule has 3 amide bonds. The largest absolute Gasteiger partial charge is 0.383 e. The molecule has 1 unspecified atom stereocenters. The number of benzene rings is 2. The third kappa shape index (κ3) is 5.32. The molecule has 25 heavy (non-hydrogen) atoms. The number of carbonyl (C=O) groups is 2. The normalized spacial score (nSPS) is 11.6. The highest BCUT2D eigenvalue weighted by molar-refractivity contribution is 5.95. The second-order valence-electron chi connectivity index (χ2n) is 5.79. The zero-order chi connectivity index (χ0) is 18.2. The Hall–Kier alpha value is -2.86. The summed E-state index contributed by atoms with van der Waals surface area (Å²) in [4.78, 5) is 25.4. The summed E-state index contributed by atoms with van der Waals surface area (Å²) in [6, 6.07) is 16.1. The number of carbonyl (C=O) groups excluding carboxylic acids is 2. The van der Waals surface area contributed by atoms with Crippen molar-refractivity contribution in [3.63, 3.8) is 0 Å². The van der Waals surface area contributed by atoms with Crippen LogP contribution < -0.4 is 11.1 Å². The Kier molecular flexibility index (Phi) is 6.54. The molecule has 3 N–H and O–H groups in total. The van der Waals surface area contributed by atoms with Crippen molar-refractivity contribution in [2.45, 2.75) is 12.5 Å². The first-order valence-electron chi connectivity index (χ1n) is 7.97. The van der Waals surface area contributed by atoms with Gasteiger partial charge in [0.1, 0.15) is 0 Å². The van der Waals surface area contributed by atoms with Crippen LogP contribution in [0.3, 0.4) is 0 Å². The molecule has 2 aromatic carbocycles. The Bertz CT molecular complexity index is 719. The van der Waals surface area contributed by atoms with Crippen molar-refractivity contribution in [2.75, 3.05) is 26.1 Å². The topological polar surface area (TPSA) is 84.7 Å². The molecule has 0 radical (unpaired) electrons. The first-order chi connectivity index (χ1) is 12.0. The van der Waals surface area contributed by atoms with E-state index >= 15 is 0 Å². The summed E-state index contributed by atoms with van der Waals surface area (Å²) in [7, 11) is 3.33. The fraction of sp³-hybridized carbons (Fsp3) is 0.263. The number of amides is 3. The standard InChI is InChI=1S/C19H23N3O3/c1-22(17(13-25-2)11-14-7-4-3-5-8-14)19(24)21-16-10-6-9-15(12-16)18(20)23/h3-10,12,17H,11,13H2,1-2H3,(H2,20,23)(H,21,24). The Labute approximate surface area is 147 Å². The lowest BCUT2D eigenvalue weighted by Crippen LogP contribution is -2.43. The minimum absolute atomic E-state index is 0.119. The van der Waals surface area contributed by atoms with Gasteiger partial charge in [-0.2, -0.15) is 0 Å². The van der Waals surface area contributed by atoms with E-state index in [-0.39, 0.29) is 12.1 Å². The summed E-state index contributed by atoms with van der Waals surface area (Å²) >= 11 is 0. The summed E-state index contributed by atoms with van der Waals surface area (Å²) in [5, 5.41) is 2.79. The molecule has 6 heteroatoms. The van der Waals surface area contributed by atoms with Gasteiger partial charge in [-0.15, -0.1) is 0 Å². The van der Waals surface area contributed by atoms with Crippen LogP contribution in [0.5, 0.6) is 0 Å². The third-order valence-electron chi connectivity index (χ3n) is 3.94. The van der Waals surface area contributed by atoms with Crippen molar-refractivity contribution in [1.82, 2.24) is 4.90 Å². The van der Waals surface area contributed by atoms with Crippen LogP contribution >= 0.6 is 0 Å². The van der Waals surface area contributed by atoms with Gasteiger partial charge < -0.3 is 20.7 Å². The summed E-state index contributed by atoms with van der Waals surface area (Å²) in [6.45, 7) is 0.417. The molecule has 0 saturated heterocycles. The van der Waals surface area contributed by atoms with Crippen molar-refractivity contribution in [2.24, 2.45) is 5.73 Å². The average Bonchev–Trinajstić information content (AvgIpc) is 2.61. The molecule has 0 heterocycles. The second kappa shape index (κ2) is 8.84. The van der Waals surface area contributed by atoms with Crippen molar-refractivity contribution >= 4 is 17.6 Å². The first-order valence-corrected chi connectivity index (χ1v) is 7.97. The number of anilines is 1. The number of urea groups is 1. The molecular formula is C19H23N3O3. The highest BCUT2D eigenvalue weighted by Gasteiger charge is 2.20. The van der Waals surface area contributed by atoms with Crippen molar-refractivity contribution in [3.8, 4) is 0 Å².